The highest BCUT2D eigenvalue weighted by Gasteiger charge is 2.39. The normalized spacial score (nSPS) is 22.0. The van der Waals surface area contributed by atoms with Crippen LogP contribution in [0.15, 0.2) is 24.3 Å². The number of urea groups is 1. The summed E-state index contributed by atoms with van der Waals surface area (Å²) in [7, 11) is -0.974. The van der Waals surface area contributed by atoms with Crippen LogP contribution in [0.2, 0.25) is 0 Å². The first-order chi connectivity index (χ1) is 10.3. The summed E-state index contributed by atoms with van der Waals surface area (Å²) in [6, 6.07) is 6.28. The number of carbonyl (C=O) groups is 1. The van der Waals surface area contributed by atoms with Gasteiger partial charge in [0.2, 0.25) is 0 Å². The minimum Gasteiger partial charge on any atom is -0.337 e. The van der Waals surface area contributed by atoms with E-state index in [0.29, 0.717) is 12.3 Å². The van der Waals surface area contributed by atoms with E-state index in [9.17, 15) is 13.4 Å². The zero-order valence-corrected chi connectivity index (χ0v) is 14.0. The summed E-state index contributed by atoms with van der Waals surface area (Å²) < 4.78 is 24.7. The van der Waals surface area contributed by atoms with Crippen LogP contribution in [-0.2, 0) is 10.8 Å². The van der Waals surface area contributed by atoms with Crippen LogP contribution in [0.1, 0.15) is 38.7 Å². The first-order valence-corrected chi connectivity index (χ1v) is 8.77. The zero-order chi connectivity index (χ0) is 16.3. The number of benzene rings is 1. The fourth-order valence-corrected chi connectivity index (χ4v) is 3.14. The van der Waals surface area contributed by atoms with Gasteiger partial charge in [-0.2, -0.15) is 0 Å². The summed E-state index contributed by atoms with van der Waals surface area (Å²) >= 11 is 0. The molecule has 1 fully saturated rings. The molecule has 6 heteroatoms. The smallest absolute Gasteiger partial charge is 0.315 e. The molecular weight excluding hydrogens is 303 g/mol. The van der Waals surface area contributed by atoms with Crippen LogP contribution in [-0.4, -0.2) is 33.3 Å². The van der Waals surface area contributed by atoms with E-state index < -0.39 is 10.8 Å². The highest BCUT2D eigenvalue weighted by molar-refractivity contribution is 7.86. The second kappa shape index (κ2) is 6.77. The molecule has 0 saturated heterocycles. The maximum atomic E-state index is 13.2. The summed E-state index contributed by atoms with van der Waals surface area (Å²) in [5.41, 5.74) is 0.916. The van der Waals surface area contributed by atoms with Crippen molar-refractivity contribution < 1.29 is 13.4 Å². The lowest BCUT2D eigenvalue weighted by molar-refractivity contribution is 0.241. The van der Waals surface area contributed by atoms with Crippen molar-refractivity contribution in [2.24, 2.45) is 0 Å². The molecule has 1 aliphatic rings. The number of carbonyl (C=O) groups excluding carboxylic acids is 1. The number of hydrogen-bond donors (Lipinski definition) is 2. The van der Waals surface area contributed by atoms with Gasteiger partial charge in [-0.25, -0.2) is 9.18 Å². The quantitative estimate of drug-likeness (QED) is 0.873. The number of halogens is 1. The van der Waals surface area contributed by atoms with Crippen molar-refractivity contribution in [1.82, 2.24) is 10.6 Å². The van der Waals surface area contributed by atoms with Gasteiger partial charge in [0.05, 0.1) is 0 Å². The van der Waals surface area contributed by atoms with Crippen LogP contribution in [0.3, 0.4) is 0 Å². The number of amides is 2. The highest BCUT2D eigenvalue weighted by Crippen LogP contribution is 2.40. The van der Waals surface area contributed by atoms with Gasteiger partial charge in [0.25, 0.3) is 0 Å². The first-order valence-electron chi connectivity index (χ1n) is 7.45. The molecule has 1 saturated carbocycles. The van der Waals surface area contributed by atoms with E-state index in [0.717, 1.165) is 12.0 Å². The Balaban J connectivity index is 1.70. The molecule has 1 aliphatic carbocycles. The lowest BCUT2D eigenvalue weighted by atomic mass is 10.1. The Hall–Kier alpha value is -1.43. The average molecular weight is 326 g/mol. The van der Waals surface area contributed by atoms with E-state index in [2.05, 4.69) is 10.6 Å². The monoisotopic (exact) mass is 326 g/mol. The van der Waals surface area contributed by atoms with Crippen molar-refractivity contribution in [3.63, 3.8) is 0 Å². The fourth-order valence-electron chi connectivity index (χ4n) is 2.24. The SMILES string of the molecule is CC(C)(C)[S@@](=O)CCNC(=O)N[C@@H]1C[C@@H]1c1cccc(F)c1. The summed E-state index contributed by atoms with van der Waals surface area (Å²) in [6.07, 6.45) is 0.824. The van der Waals surface area contributed by atoms with Gasteiger partial charge in [-0.05, 0) is 44.9 Å². The van der Waals surface area contributed by atoms with Gasteiger partial charge in [-0.15, -0.1) is 0 Å². The maximum Gasteiger partial charge on any atom is 0.315 e. The maximum absolute atomic E-state index is 13.2. The van der Waals surface area contributed by atoms with Crippen LogP contribution >= 0.6 is 0 Å². The van der Waals surface area contributed by atoms with Gasteiger partial charge >= 0.3 is 6.03 Å². The Kier molecular flexibility index (Phi) is 5.21. The summed E-state index contributed by atoms with van der Waals surface area (Å²) in [6.45, 7) is 6.12. The largest absolute Gasteiger partial charge is 0.337 e. The molecule has 122 valence electrons. The molecule has 22 heavy (non-hydrogen) atoms. The van der Waals surface area contributed by atoms with Crippen LogP contribution in [0, 0.1) is 5.82 Å². The third kappa shape index (κ3) is 4.80. The van der Waals surface area contributed by atoms with Crippen molar-refractivity contribution in [3.05, 3.63) is 35.6 Å². The Morgan fingerprint density at radius 2 is 2.14 bits per heavy atom. The standard InChI is InChI=1S/C16H23FN2O2S/c1-16(2,3)22(21)8-7-18-15(20)19-14-10-13(14)11-5-4-6-12(17)9-11/h4-6,9,13-14H,7-8,10H2,1-3H3,(H2,18,19,20)/t13-,14-,22+/m1/s1. The molecule has 0 aromatic heterocycles. The number of rotatable bonds is 5. The van der Waals surface area contributed by atoms with Gasteiger partial charge in [0.15, 0.2) is 0 Å². The molecule has 0 heterocycles. The molecule has 1 aromatic rings. The molecular formula is C16H23FN2O2S. The summed E-state index contributed by atoms with van der Waals surface area (Å²) in [5.74, 6) is 0.372. The second-order valence-electron chi connectivity index (χ2n) is 6.57. The van der Waals surface area contributed by atoms with E-state index in [1.807, 2.05) is 26.8 Å². The minimum atomic E-state index is -0.974. The predicted octanol–water partition coefficient (Wildman–Crippen LogP) is 2.53. The van der Waals surface area contributed by atoms with Crippen LogP contribution in [0.25, 0.3) is 0 Å². The molecule has 2 N–H and O–H groups in total. The zero-order valence-electron chi connectivity index (χ0n) is 13.2. The highest BCUT2D eigenvalue weighted by atomic mass is 32.2. The van der Waals surface area contributed by atoms with E-state index in [4.69, 9.17) is 0 Å². The molecule has 3 atom stereocenters. The predicted molar refractivity (Wildman–Crippen MR) is 86.8 cm³/mol. The fraction of sp³-hybridized carbons (Fsp3) is 0.562. The average Bonchev–Trinajstić information content (AvgIpc) is 3.16. The lowest BCUT2D eigenvalue weighted by Crippen LogP contribution is -2.40. The second-order valence-corrected chi connectivity index (χ2v) is 8.89. The number of nitrogens with one attached hydrogen (secondary N) is 2. The molecule has 0 bridgehead atoms. The van der Waals surface area contributed by atoms with Crippen molar-refractivity contribution in [2.75, 3.05) is 12.3 Å². The Morgan fingerprint density at radius 3 is 2.77 bits per heavy atom. The molecule has 1 aromatic carbocycles. The molecule has 2 amide bonds. The van der Waals surface area contributed by atoms with E-state index in [1.54, 1.807) is 6.07 Å². The number of hydrogen-bond acceptors (Lipinski definition) is 2. The van der Waals surface area contributed by atoms with Gasteiger partial charge in [-0.3, -0.25) is 4.21 Å². The summed E-state index contributed by atoms with van der Waals surface area (Å²) in [4.78, 5) is 11.8. The molecule has 2 rings (SSSR count). The topological polar surface area (TPSA) is 58.2 Å². The van der Waals surface area contributed by atoms with E-state index in [1.165, 1.54) is 12.1 Å². The first kappa shape index (κ1) is 16.9. The van der Waals surface area contributed by atoms with Crippen molar-refractivity contribution in [1.29, 1.82) is 0 Å². The molecule has 0 radical (unpaired) electrons. The van der Waals surface area contributed by atoms with Gasteiger partial charge < -0.3 is 10.6 Å². The van der Waals surface area contributed by atoms with Gasteiger partial charge in [-0.1, -0.05) is 12.1 Å². The van der Waals surface area contributed by atoms with Crippen molar-refractivity contribution >= 4 is 16.8 Å². The van der Waals surface area contributed by atoms with Gasteiger partial charge in [0, 0.05) is 39.8 Å². The van der Waals surface area contributed by atoms with E-state index >= 15 is 0 Å². The van der Waals surface area contributed by atoms with Crippen LogP contribution in [0.4, 0.5) is 9.18 Å². The Labute approximate surface area is 133 Å². The third-order valence-electron chi connectivity index (χ3n) is 3.64. The van der Waals surface area contributed by atoms with Crippen molar-refractivity contribution in [3.8, 4) is 0 Å². The third-order valence-corrected chi connectivity index (χ3v) is 5.58. The van der Waals surface area contributed by atoms with E-state index in [-0.39, 0.29) is 28.6 Å². The van der Waals surface area contributed by atoms with Crippen LogP contribution < -0.4 is 10.6 Å². The van der Waals surface area contributed by atoms with Gasteiger partial charge in [0.1, 0.15) is 5.82 Å². The molecule has 0 unspecified atom stereocenters. The molecule has 0 spiro atoms. The molecule has 0 aliphatic heterocycles. The Morgan fingerprint density at radius 1 is 1.41 bits per heavy atom. The Bertz CT molecular complexity index is 572. The van der Waals surface area contributed by atoms with Crippen molar-refractivity contribution in [2.45, 2.75) is 43.9 Å². The summed E-state index contributed by atoms with van der Waals surface area (Å²) in [5, 5.41) is 5.59. The lowest BCUT2D eigenvalue weighted by Gasteiger charge is -2.17. The minimum absolute atomic E-state index is 0.0508. The van der Waals surface area contributed by atoms with Crippen LogP contribution in [0.5, 0.6) is 0 Å². The molecule has 4 nitrogen and oxygen atoms in total.